The Hall–Kier alpha value is -2.45. The van der Waals surface area contributed by atoms with E-state index in [1.807, 2.05) is 0 Å². The van der Waals surface area contributed by atoms with Crippen molar-refractivity contribution in [3.05, 3.63) is 58.7 Å². The molecule has 3 aromatic rings. The Labute approximate surface area is 157 Å². The van der Waals surface area contributed by atoms with E-state index in [2.05, 4.69) is 31.7 Å². The molecule has 134 valence electrons. The van der Waals surface area contributed by atoms with Crippen molar-refractivity contribution in [1.29, 1.82) is 0 Å². The molecule has 0 unspecified atom stereocenters. The van der Waals surface area contributed by atoms with Gasteiger partial charge in [0.1, 0.15) is 18.0 Å². The van der Waals surface area contributed by atoms with E-state index in [1.54, 1.807) is 41.2 Å². The van der Waals surface area contributed by atoms with Gasteiger partial charge in [-0.15, -0.1) is 0 Å². The summed E-state index contributed by atoms with van der Waals surface area (Å²) in [7, 11) is 0. The van der Waals surface area contributed by atoms with Gasteiger partial charge in [0.15, 0.2) is 0 Å². The summed E-state index contributed by atoms with van der Waals surface area (Å²) in [5.74, 6) is 0.101. The first-order valence-electron chi connectivity index (χ1n) is 8.21. The molecule has 0 spiro atoms. The molecule has 1 saturated carbocycles. The predicted octanol–water partition coefficient (Wildman–Crippen LogP) is 4.05. The second kappa shape index (κ2) is 7.05. The Morgan fingerprint density at radius 1 is 1.35 bits per heavy atom. The van der Waals surface area contributed by atoms with Crippen LogP contribution in [0.25, 0.3) is 5.52 Å². The van der Waals surface area contributed by atoms with E-state index in [1.165, 1.54) is 6.07 Å². The van der Waals surface area contributed by atoms with Gasteiger partial charge in [0.25, 0.3) is 5.91 Å². The van der Waals surface area contributed by atoms with Gasteiger partial charge in [0.2, 0.25) is 0 Å². The number of fused-ring (bicyclic) bond motifs is 1. The molecule has 0 saturated heterocycles. The molecule has 6 nitrogen and oxygen atoms in total. The lowest BCUT2D eigenvalue weighted by molar-refractivity contribution is 0.0270. The number of hydroxylamine groups is 1. The first kappa shape index (κ1) is 17.0. The number of anilines is 2. The number of pyridine rings is 1. The van der Waals surface area contributed by atoms with E-state index in [4.69, 9.17) is 4.84 Å². The molecule has 8 heteroatoms. The van der Waals surface area contributed by atoms with Crippen molar-refractivity contribution in [2.24, 2.45) is 5.92 Å². The Morgan fingerprint density at radius 3 is 2.96 bits per heavy atom. The highest BCUT2D eigenvalue weighted by Gasteiger charge is 2.22. The third kappa shape index (κ3) is 3.56. The van der Waals surface area contributed by atoms with E-state index >= 15 is 0 Å². The maximum absolute atomic E-state index is 14.3. The zero-order valence-corrected chi connectivity index (χ0v) is 15.3. The SMILES string of the molecule is O=C(NOCC1CC1)c1ccc2cncn2c1Nc1ccc(Br)cc1F. The van der Waals surface area contributed by atoms with Crippen LogP contribution in [-0.4, -0.2) is 21.9 Å². The van der Waals surface area contributed by atoms with Gasteiger partial charge >= 0.3 is 0 Å². The third-order valence-electron chi connectivity index (χ3n) is 4.19. The Morgan fingerprint density at radius 2 is 2.19 bits per heavy atom. The van der Waals surface area contributed by atoms with Crippen LogP contribution in [0.2, 0.25) is 0 Å². The number of amides is 1. The van der Waals surface area contributed by atoms with Crippen molar-refractivity contribution in [3.63, 3.8) is 0 Å². The summed E-state index contributed by atoms with van der Waals surface area (Å²) in [5, 5.41) is 3.00. The Kier molecular flexibility index (Phi) is 4.60. The zero-order chi connectivity index (χ0) is 18.1. The van der Waals surface area contributed by atoms with E-state index in [9.17, 15) is 9.18 Å². The lowest BCUT2D eigenvalue weighted by Gasteiger charge is -2.15. The average molecular weight is 419 g/mol. The van der Waals surface area contributed by atoms with Crippen molar-refractivity contribution < 1.29 is 14.0 Å². The van der Waals surface area contributed by atoms with Gasteiger partial charge in [-0.2, -0.15) is 0 Å². The standard InChI is InChI=1S/C18H16BrFN4O2/c19-12-3-6-16(15(20)7-12)22-17-14(5-4-13-8-21-10-24(13)17)18(25)23-26-9-11-1-2-11/h3-8,10-11,22H,1-2,9H2,(H,23,25). The van der Waals surface area contributed by atoms with Crippen LogP contribution >= 0.6 is 15.9 Å². The molecule has 2 aromatic heterocycles. The van der Waals surface area contributed by atoms with E-state index < -0.39 is 11.7 Å². The highest BCUT2D eigenvalue weighted by atomic mass is 79.9. The average Bonchev–Trinajstić information content (AvgIpc) is 3.31. The number of imidazole rings is 1. The van der Waals surface area contributed by atoms with Crippen LogP contribution in [0.4, 0.5) is 15.9 Å². The second-order valence-electron chi connectivity index (χ2n) is 6.22. The van der Waals surface area contributed by atoms with Crippen LogP contribution in [0.1, 0.15) is 23.2 Å². The van der Waals surface area contributed by atoms with Gasteiger partial charge in [0.05, 0.1) is 29.6 Å². The van der Waals surface area contributed by atoms with Gasteiger partial charge in [-0.3, -0.25) is 14.0 Å². The third-order valence-corrected chi connectivity index (χ3v) is 4.69. The molecule has 1 aliphatic carbocycles. The molecule has 26 heavy (non-hydrogen) atoms. The fourth-order valence-electron chi connectivity index (χ4n) is 2.59. The Balaban J connectivity index is 1.65. The minimum absolute atomic E-state index is 0.252. The quantitative estimate of drug-likeness (QED) is 0.592. The molecule has 1 aliphatic rings. The second-order valence-corrected chi connectivity index (χ2v) is 7.13. The van der Waals surface area contributed by atoms with Gasteiger partial charge in [0, 0.05) is 4.47 Å². The number of nitrogens with one attached hydrogen (secondary N) is 2. The maximum Gasteiger partial charge on any atom is 0.278 e. The minimum atomic E-state index is -0.437. The molecule has 1 aromatic carbocycles. The number of hydrogen-bond donors (Lipinski definition) is 2. The zero-order valence-electron chi connectivity index (χ0n) is 13.7. The monoisotopic (exact) mass is 418 g/mol. The topological polar surface area (TPSA) is 67.7 Å². The number of halogens is 2. The fourth-order valence-corrected chi connectivity index (χ4v) is 2.92. The van der Waals surface area contributed by atoms with Crippen LogP contribution in [0, 0.1) is 11.7 Å². The number of carbonyl (C=O) groups excluding carboxylic acids is 1. The normalized spacial score (nSPS) is 13.8. The van der Waals surface area contributed by atoms with Crippen LogP contribution in [0.3, 0.4) is 0 Å². The summed E-state index contributed by atoms with van der Waals surface area (Å²) >= 11 is 3.23. The van der Waals surface area contributed by atoms with Gasteiger partial charge < -0.3 is 5.32 Å². The molecular formula is C18H16BrFN4O2. The molecule has 2 heterocycles. The summed E-state index contributed by atoms with van der Waals surface area (Å²) < 4.78 is 16.6. The number of nitrogens with zero attached hydrogens (tertiary/aromatic N) is 2. The Bertz CT molecular complexity index is 971. The van der Waals surface area contributed by atoms with Crippen LogP contribution in [0.15, 0.2) is 47.3 Å². The maximum atomic E-state index is 14.3. The molecule has 0 aliphatic heterocycles. The van der Waals surface area contributed by atoms with Crippen LogP contribution in [0.5, 0.6) is 0 Å². The van der Waals surface area contributed by atoms with Gasteiger partial charge in [-0.25, -0.2) is 14.9 Å². The molecule has 2 N–H and O–H groups in total. The lowest BCUT2D eigenvalue weighted by Crippen LogP contribution is -2.26. The molecular weight excluding hydrogens is 403 g/mol. The molecule has 1 amide bonds. The van der Waals surface area contributed by atoms with Crippen molar-refractivity contribution in [2.75, 3.05) is 11.9 Å². The molecule has 0 atom stereocenters. The summed E-state index contributed by atoms with van der Waals surface area (Å²) in [5.41, 5.74) is 3.82. The minimum Gasteiger partial charge on any atom is -0.338 e. The summed E-state index contributed by atoms with van der Waals surface area (Å²) in [6, 6.07) is 8.10. The van der Waals surface area contributed by atoms with Gasteiger partial charge in [-0.1, -0.05) is 15.9 Å². The van der Waals surface area contributed by atoms with Crippen LogP contribution in [-0.2, 0) is 4.84 Å². The molecule has 1 fully saturated rings. The van der Waals surface area contributed by atoms with E-state index in [0.29, 0.717) is 28.4 Å². The van der Waals surface area contributed by atoms with Crippen molar-refractivity contribution in [3.8, 4) is 0 Å². The highest BCUT2D eigenvalue weighted by Crippen LogP contribution is 2.29. The summed E-state index contributed by atoms with van der Waals surface area (Å²) in [6.45, 7) is 0.503. The fraction of sp³-hybridized carbons (Fsp3) is 0.222. The van der Waals surface area contributed by atoms with Crippen molar-refractivity contribution >= 4 is 38.9 Å². The van der Waals surface area contributed by atoms with E-state index in [-0.39, 0.29) is 5.69 Å². The summed E-state index contributed by atoms with van der Waals surface area (Å²) in [6.07, 6.45) is 5.49. The predicted molar refractivity (Wildman–Crippen MR) is 98.7 cm³/mol. The number of rotatable bonds is 6. The van der Waals surface area contributed by atoms with Gasteiger partial charge in [-0.05, 0) is 49.1 Å². The van der Waals surface area contributed by atoms with Crippen LogP contribution < -0.4 is 10.8 Å². The summed E-state index contributed by atoms with van der Waals surface area (Å²) in [4.78, 5) is 21.9. The number of hydrogen-bond acceptors (Lipinski definition) is 4. The number of carbonyl (C=O) groups is 1. The lowest BCUT2D eigenvalue weighted by atomic mass is 10.2. The number of benzene rings is 1. The highest BCUT2D eigenvalue weighted by molar-refractivity contribution is 9.10. The molecule has 0 radical (unpaired) electrons. The smallest absolute Gasteiger partial charge is 0.278 e. The first-order valence-corrected chi connectivity index (χ1v) is 9.00. The molecule has 0 bridgehead atoms. The largest absolute Gasteiger partial charge is 0.338 e. The number of aromatic nitrogens is 2. The van der Waals surface area contributed by atoms with Crippen molar-refractivity contribution in [1.82, 2.24) is 14.9 Å². The first-order chi connectivity index (χ1) is 12.6. The van der Waals surface area contributed by atoms with Crippen molar-refractivity contribution in [2.45, 2.75) is 12.8 Å². The van der Waals surface area contributed by atoms with E-state index in [0.717, 1.165) is 18.4 Å². The molecule has 4 rings (SSSR count).